The molecule has 11 heteroatoms. The highest BCUT2D eigenvalue weighted by molar-refractivity contribution is 6.00. The second kappa shape index (κ2) is 7.49. The SMILES string of the molecule is CCOC(=O)N1CCN(c2cc(N3CCCC3)c([N+](=O)[O-])c3nonc23)CC1. The van der Waals surface area contributed by atoms with Crippen molar-refractivity contribution in [1.29, 1.82) is 0 Å². The van der Waals surface area contributed by atoms with Gasteiger partial charge in [0.1, 0.15) is 5.69 Å². The molecule has 0 radical (unpaired) electrons. The van der Waals surface area contributed by atoms with E-state index in [1.165, 1.54) is 0 Å². The number of hydrogen-bond donors (Lipinski definition) is 0. The van der Waals surface area contributed by atoms with E-state index in [2.05, 4.69) is 15.2 Å². The largest absolute Gasteiger partial charge is 0.450 e. The number of hydrogen-bond acceptors (Lipinski definition) is 9. The van der Waals surface area contributed by atoms with E-state index >= 15 is 0 Å². The third-order valence-electron chi connectivity index (χ3n) is 5.25. The lowest BCUT2D eigenvalue weighted by atomic mass is 10.1. The fourth-order valence-corrected chi connectivity index (χ4v) is 3.86. The summed E-state index contributed by atoms with van der Waals surface area (Å²) in [6, 6.07) is 1.82. The van der Waals surface area contributed by atoms with E-state index in [0.29, 0.717) is 44.0 Å². The molecule has 2 aliphatic heterocycles. The Bertz CT molecular complexity index is 886. The van der Waals surface area contributed by atoms with Crippen molar-refractivity contribution in [2.45, 2.75) is 19.8 Å². The predicted octanol–water partition coefficient (Wildman–Crippen LogP) is 2.01. The van der Waals surface area contributed by atoms with Crippen molar-refractivity contribution < 1.29 is 19.1 Å². The molecule has 0 N–H and O–H groups in total. The van der Waals surface area contributed by atoms with Crippen LogP contribution in [0.3, 0.4) is 0 Å². The van der Waals surface area contributed by atoms with Crippen LogP contribution in [0.4, 0.5) is 21.9 Å². The number of rotatable bonds is 4. The van der Waals surface area contributed by atoms with E-state index in [0.717, 1.165) is 31.6 Å². The zero-order valence-electron chi connectivity index (χ0n) is 15.7. The Morgan fingerprint density at radius 2 is 1.75 bits per heavy atom. The number of carbonyl (C=O) groups excluding carboxylic acids is 1. The maximum Gasteiger partial charge on any atom is 0.409 e. The molecule has 0 saturated carbocycles. The topological polar surface area (TPSA) is 118 Å². The normalized spacial score (nSPS) is 17.4. The van der Waals surface area contributed by atoms with Gasteiger partial charge in [0.25, 0.3) is 0 Å². The lowest BCUT2D eigenvalue weighted by molar-refractivity contribution is -0.382. The summed E-state index contributed by atoms with van der Waals surface area (Å²) in [5, 5.41) is 19.5. The first-order valence-electron chi connectivity index (χ1n) is 9.45. The van der Waals surface area contributed by atoms with E-state index in [4.69, 9.17) is 9.37 Å². The van der Waals surface area contributed by atoms with Gasteiger partial charge in [-0.2, -0.15) is 0 Å². The van der Waals surface area contributed by atoms with Gasteiger partial charge in [0.2, 0.25) is 5.52 Å². The first-order valence-corrected chi connectivity index (χ1v) is 9.45. The van der Waals surface area contributed by atoms with Crippen LogP contribution in [0, 0.1) is 10.1 Å². The summed E-state index contributed by atoms with van der Waals surface area (Å²) in [7, 11) is 0. The second-order valence-electron chi connectivity index (χ2n) is 6.85. The van der Waals surface area contributed by atoms with Crippen molar-refractivity contribution in [3.63, 3.8) is 0 Å². The molecule has 2 aliphatic rings. The van der Waals surface area contributed by atoms with Gasteiger partial charge in [-0.25, -0.2) is 9.42 Å². The van der Waals surface area contributed by atoms with Crippen LogP contribution in [0.5, 0.6) is 0 Å². The first kappa shape index (κ1) is 18.3. The van der Waals surface area contributed by atoms with Gasteiger partial charge in [-0.15, -0.1) is 0 Å². The average Bonchev–Trinajstić information content (AvgIpc) is 3.38. The first-order chi connectivity index (χ1) is 13.6. The van der Waals surface area contributed by atoms with Gasteiger partial charge < -0.3 is 19.4 Å². The number of anilines is 2. The quantitative estimate of drug-likeness (QED) is 0.570. The summed E-state index contributed by atoms with van der Waals surface area (Å²) in [4.78, 5) is 29.0. The van der Waals surface area contributed by atoms with Crippen molar-refractivity contribution in [1.82, 2.24) is 15.2 Å². The summed E-state index contributed by atoms with van der Waals surface area (Å²) in [5.41, 5.74) is 1.77. The Balaban J connectivity index is 1.68. The Kier molecular flexibility index (Phi) is 4.88. The Labute approximate surface area is 160 Å². The Morgan fingerprint density at radius 1 is 1.11 bits per heavy atom. The van der Waals surface area contributed by atoms with Crippen LogP contribution in [0.1, 0.15) is 19.8 Å². The van der Waals surface area contributed by atoms with Crippen molar-refractivity contribution in [3.05, 3.63) is 16.2 Å². The number of nitrogens with zero attached hydrogens (tertiary/aromatic N) is 6. The average molecular weight is 390 g/mol. The van der Waals surface area contributed by atoms with Crippen LogP contribution in [0.2, 0.25) is 0 Å². The zero-order chi connectivity index (χ0) is 19.7. The maximum atomic E-state index is 11.9. The molecule has 150 valence electrons. The number of ether oxygens (including phenoxy) is 1. The third-order valence-corrected chi connectivity index (χ3v) is 5.25. The minimum atomic E-state index is -0.414. The second-order valence-corrected chi connectivity index (χ2v) is 6.85. The van der Waals surface area contributed by atoms with Crippen LogP contribution >= 0.6 is 0 Å². The molecule has 1 aromatic heterocycles. The van der Waals surface area contributed by atoms with Crippen molar-refractivity contribution in [2.24, 2.45) is 0 Å². The third kappa shape index (κ3) is 3.16. The molecule has 3 heterocycles. The van der Waals surface area contributed by atoms with Crippen LogP contribution < -0.4 is 9.80 Å². The van der Waals surface area contributed by atoms with E-state index in [1.807, 2.05) is 11.0 Å². The van der Waals surface area contributed by atoms with Crippen LogP contribution in [-0.2, 0) is 4.74 Å². The van der Waals surface area contributed by atoms with E-state index in [-0.39, 0.29) is 17.3 Å². The summed E-state index contributed by atoms with van der Waals surface area (Å²) in [6.07, 6.45) is 1.68. The smallest absolute Gasteiger partial charge is 0.409 e. The number of nitro benzene ring substituents is 1. The van der Waals surface area contributed by atoms with E-state index in [1.54, 1.807) is 11.8 Å². The molecule has 4 rings (SSSR count). The fraction of sp³-hybridized carbons (Fsp3) is 0.588. The van der Waals surface area contributed by atoms with Gasteiger partial charge in [0, 0.05) is 39.3 Å². The van der Waals surface area contributed by atoms with Crippen molar-refractivity contribution in [3.8, 4) is 0 Å². The molecule has 2 saturated heterocycles. The molecule has 0 aliphatic carbocycles. The van der Waals surface area contributed by atoms with Crippen molar-refractivity contribution >= 4 is 34.2 Å². The molecule has 2 aromatic rings. The lowest BCUT2D eigenvalue weighted by Crippen LogP contribution is -2.49. The molecular weight excluding hydrogens is 368 g/mol. The molecular formula is C17H22N6O5. The molecule has 0 unspecified atom stereocenters. The van der Waals surface area contributed by atoms with Gasteiger partial charge >= 0.3 is 11.8 Å². The Morgan fingerprint density at radius 3 is 2.39 bits per heavy atom. The molecule has 1 amide bonds. The summed E-state index contributed by atoms with van der Waals surface area (Å²) < 4.78 is 9.92. The van der Waals surface area contributed by atoms with Gasteiger partial charge in [-0.3, -0.25) is 10.1 Å². The highest BCUT2D eigenvalue weighted by Gasteiger charge is 2.32. The summed E-state index contributed by atoms with van der Waals surface area (Å²) in [5.74, 6) is 0. The van der Waals surface area contributed by atoms with Crippen LogP contribution in [0.15, 0.2) is 10.7 Å². The van der Waals surface area contributed by atoms with Gasteiger partial charge in [-0.05, 0) is 36.1 Å². The number of nitro groups is 1. The minimum absolute atomic E-state index is 0.0629. The number of fused-ring (bicyclic) bond motifs is 1. The predicted molar refractivity (Wildman–Crippen MR) is 101 cm³/mol. The van der Waals surface area contributed by atoms with Gasteiger partial charge in [0.15, 0.2) is 5.52 Å². The van der Waals surface area contributed by atoms with E-state index < -0.39 is 4.92 Å². The summed E-state index contributed by atoms with van der Waals surface area (Å²) in [6.45, 7) is 5.80. The maximum absolute atomic E-state index is 11.9. The van der Waals surface area contributed by atoms with Crippen LogP contribution in [0.25, 0.3) is 11.0 Å². The molecule has 0 bridgehead atoms. The molecule has 0 atom stereocenters. The molecule has 0 spiro atoms. The number of piperazine rings is 1. The summed E-state index contributed by atoms with van der Waals surface area (Å²) >= 11 is 0. The monoisotopic (exact) mass is 390 g/mol. The van der Waals surface area contributed by atoms with E-state index in [9.17, 15) is 14.9 Å². The van der Waals surface area contributed by atoms with Gasteiger partial charge in [-0.1, -0.05) is 0 Å². The van der Waals surface area contributed by atoms with Crippen molar-refractivity contribution in [2.75, 3.05) is 55.7 Å². The minimum Gasteiger partial charge on any atom is -0.450 e. The number of amides is 1. The fourth-order valence-electron chi connectivity index (χ4n) is 3.86. The number of aromatic nitrogens is 2. The standard InChI is InChI=1S/C17H22N6O5/c1-2-27-17(24)22-9-7-21(8-10-22)12-11-13(20-5-3-4-6-20)16(23(25)26)15-14(12)18-28-19-15/h11H,2-10H2,1H3. The molecule has 11 nitrogen and oxygen atoms in total. The Hall–Kier alpha value is -3.11. The highest BCUT2D eigenvalue weighted by atomic mass is 16.6. The molecule has 28 heavy (non-hydrogen) atoms. The zero-order valence-corrected chi connectivity index (χ0v) is 15.7. The number of carbonyl (C=O) groups is 1. The van der Waals surface area contributed by atoms with Crippen LogP contribution in [-0.4, -0.2) is 72.1 Å². The highest BCUT2D eigenvalue weighted by Crippen LogP contribution is 2.41. The molecule has 2 fully saturated rings. The number of benzene rings is 1. The lowest BCUT2D eigenvalue weighted by Gasteiger charge is -2.35. The molecule has 1 aromatic carbocycles. The van der Waals surface area contributed by atoms with Gasteiger partial charge in [0.05, 0.1) is 17.2 Å².